The van der Waals surface area contributed by atoms with Gasteiger partial charge in [0.2, 0.25) is 5.91 Å². The summed E-state index contributed by atoms with van der Waals surface area (Å²) < 4.78 is 0. The minimum Gasteiger partial charge on any atom is -0.481 e. The highest BCUT2D eigenvalue weighted by Crippen LogP contribution is 2.31. The molecule has 19 heavy (non-hydrogen) atoms. The molecule has 0 aromatic carbocycles. The van der Waals surface area contributed by atoms with Crippen LogP contribution in [-0.4, -0.2) is 17.0 Å². The minimum absolute atomic E-state index is 0.00439. The van der Waals surface area contributed by atoms with E-state index in [4.69, 9.17) is 0 Å². The molecule has 4 nitrogen and oxygen atoms in total. The number of rotatable bonds is 6. The van der Waals surface area contributed by atoms with Gasteiger partial charge in [0.25, 0.3) is 0 Å². The Kier molecular flexibility index (Phi) is 5.11. The molecule has 1 amide bonds. The Morgan fingerprint density at radius 2 is 2.11 bits per heavy atom. The van der Waals surface area contributed by atoms with Crippen molar-refractivity contribution < 1.29 is 14.7 Å². The SMILES string of the molecule is Cc1ccsc1CNC(=O)CC(C)(C(=O)O)C(C)C. The summed E-state index contributed by atoms with van der Waals surface area (Å²) >= 11 is 1.59. The van der Waals surface area contributed by atoms with Crippen molar-refractivity contribution in [1.29, 1.82) is 0 Å². The van der Waals surface area contributed by atoms with Gasteiger partial charge in [-0.25, -0.2) is 0 Å². The predicted octanol–water partition coefficient (Wildman–Crippen LogP) is 2.81. The van der Waals surface area contributed by atoms with Gasteiger partial charge >= 0.3 is 5.97 Å². The number of hydrogen-bond acceptors (Lipinski definition) is 3. The number of carbonyl (C=O) groups is 2. The Bertz CT molecular complexity index is 467. The van der Waals surface area contributed by atoms with Crippen LogP contribution in [0.5, 0.6) is 0 Å². The van der Waals surface area contributed by atoms with Crippen LogP contribution < -0.4 is 5.32 Å². The lowest BCUT2D eigenvalue weighted by Gasteiger charge is -2.28. The molecule has 1 heterocycles. The molecule has 0 bridgehead atoms. The second-order valence-corrected chi connectivity index (χ2v) is 6.36. The third kappa shape index (κ3) is 3.80. The zero-order valence-electron chi connectivity index (χ0n) is 11.8. The van der Waals surface area contributed by atoms with Crippen LogP contribution in [-0.2, 0) is 16.1 Å². The van der Waals surface area contributed by atoms with E-state index >= 15 is 0 Å². The molecule has 0 fully saturated rings. The van der Waals surface area contributed by atoms with E-state index in [2.05, 4.69) is 5.32 Å². The molecule has 1 unspecified atom stereocenters. The van der Waals surface area contributed by atoms with E-state index in [0.29, 0.717) is 6.54 Å². The lowest BCUT2D eigenvalue weighted by Crippen LogP contribution is -2.39. The highest BCUT2D eigenvalue weighted by molar-refractivity contribution is 7.10. The first-order chi connectivity index (χ1) is 8.77. The highest BCUT2D eigenvalue weighted by Gasteiger charge is 2.38. The van der Waals surface area contributed by atoms with E-state index < -0.39 is 11.4 Å². The van der Waals surface area contributed by atoms with Gasteiger partial charge in [-0.3, -0.25) is 9.59 Å². The summed E-state index contributed by atoms with van der Waals surface area (Å²) in [5.41, 5.74) is 0.129. The van der Waals surface area contributed by atoms with Crippen molar-refractivity contribution in [3.8, 4) is 0 Å². The molecule has 106 valence electrons. The Morgan fingerprint density at radius 1 is 1.47 bits per heavy atom. The van der Waals surface area contributed by atoms with Gasteiger partial charge < -0.3 is 10.4 Å². The quantitative estimate of drug-likeness (QED) is 0.843. The normalized spacial score (nSPS) is 14.2. The molecule has 0 radical (unpaired) electrons. The Hall–Kier alpha value is -1.36. The molecule has 1 rings (SSSR count). The molecule has 1 atom stereocenters. The average molecular weight is 283 g/mol. The molecule has 0 saturated carbocycles. The topological polar surface area (TPSA) is 66.4 Å². The summed E-state index contributed by atoms with van der Waals surface area (Å²) in [4.78, 5) is 24.3. The van der Waals surface area contributed by atoms with Crippen LogP contribution in [0.1, 0.15) is 37.6 Å². The molecule has 0 aliphatic carbocycles. The summed E-state index contributed by atoms with van der Waals surface area (Å²) in [5, 5.41) is 14.0. The van der Waals surface area contributed by atoms with Crippen LogP contribution in [0.3, 0.4) is 0 Å². The van der Waals surface area contributed by atoms with Gasteiger partial charge in [0.05, 0.1) is 12.0 Å². The minimum atomic E-state index is -1.02. The standard InChI is InChI=1S/C14H21NO3S/c1-9(2)14(4,13(17)18)7-12(16)15-8-11-10(3)5-6-19-11/h5-6,9H,7-8H2,1-4H3,(H,15,16)(H,17,18). The van der Waals surface area contributed by atoms with Crippen molar-refractivity contribution in [3.05, 3.63) is 21.9 Å². The van der Waals surface area contributed by atoms with E-state index in [1.54, 1.807) is 18.3 Å². The van der Waals surface area contributed by atoms with Crippen LogP contribution in [0.15, 0.2) is 11.4 Å². The number of carboxylic acids is 1. The van der Waals surface area contributed by atoms with Crippen molar-refractivity contribution in [3.63, 3.8) is 0 Å². The number of amides is 1. The van der Waals surface area contributed by atoms with E-state index in [9.17, 15) is 14.7 Å². The maximum atomic E-state index is 11.9. The number of aryl methyl sites for hydroxylation is 1. The Morgan fingerprint density at radius 3 is 2.53 bits per heavy atom. The molecule has 5 heteroatoms. The summed E-state index contributed by atoms with van der Waals surface area (Å²) in [6, 6.07) is 2.00. The molecular weight excluding hydrogens is 262 g/mol. The molecule has 0 aliphatic rings. The zero-order chi connectivity index (χ0) is 14.6. The molecule has 0 saturated heterocycles. The van der Waals surface area contributed by atoms with E-state index in [0.717, 1.165) is 10.4 Å². The molecule has 0 aliphatic heterocycles. The first kappa shape index (κ1) is 15.7. The average Bonchev–Trinajstić information content (AvgIpc) is 2.71. The largest absolute Gasteiger partial charge is 0.481 e. The number of nitrogens with one attached hydrogen (secondary N) is 1. The van der Waals surface area contributed by atoms with Gasteiger partial charge in [0.1, 0.15) is 0 Å². The van der Waals surface area contributed by atoms with Crippen LogP contribution in [0, 0.1) is 18.3 Å². The lowest BCUT2D eigenvalue weighted by atomic mass is 9.76. The van der Waals surface area contributed by atoms with E-state index in [1.807, 2.05) is 32.2 Å². The summed E-state index contributed by atoms with van der Waals surface area (Å²) in [6.07, 6.45) is 0.00439. The molecule has 1 aromatic rings. The van der Waals surface area contributed by atoms with Crippen molar-refractivity contribution in [2.24, 2.45) is 11.3 Å². The van der Waals surface area contributed by atoms with Crippen LogP contribution >= 0.6 is 11.3 Å². The van der Waals surface area contributed by atoms with Crippen molar-refractivity contribution in [2.75, 3.05) is 0 Å². The molecule has 2 N–H and O–H groups in total. The van der Waals surface area contributed by atoms with Gasteiger partial charge in [-0.05, 0) is 36.8 Å². The summed E-state index contributed by atoms with van der Waals surface area (Å²) in [6.45, 7) is 7.73. The van der Waals surface area contributed by atoms with Crippen molar-refractivity contribution >= 4 is 23.2 Å². The van der Waals surface area contributed by atoms with Crippen LogP contribution in [0.2, 0.25) is 0 Å². The second kappa shape index (κ2) is 6.19. The number of aliphatic carboxylic acids is 1. The first-order valence-corrected chi connectivity index (χ1v) is 7.18. The van der Waals surface area contributed by atoms with Crippen molar-refractivity contribution in [2.45, 2.75) is 40.7 Å². The fourth-order valence-electron chi connectivity index (χ4n) is 1.69. The number of carboxylic acid groups (broad SMARTS) is 1. The summed E-state index contributed by atoms with van der Waals surface area (Å²) in [5.74, 6) is -1.24. The van der Waals surface area contributed by atoms with E-state index in [-0.39, 0.29) is 18.2 Å². The van der Waals surface area contributed by atoms with Crippen molar-refractivity contribution in [1.82, 2.24) is 5.32 Å². The Balaban J connectivity index is 2.60. The van der Waals surface area contributed by atoms with Crippen LogP contribution in [0.4, 0.5) is 0 Å². The number of carbonyl (C=O) groups excluding carboxylic acids is 1. The van der Waals surface area contributed by atoms with Gasteiger partial charge in [-0.2, -0.15) is 0 Å². The predicted molar refractivity (Wildman–Crippen MR) is 76.1 cm³/mol. The highest BCUT2D eigenvalue weighted by atomic mass is 32.1. The number of thiophene rings is 1. The fraction of sp³-hybridized carbons (Fsp3) is 0.571. The Labute approximate surface area is 117 Å². The van der Waals surface area contributed by atoms with Gasteiger partial charge in [0, 0.05) is 11.3 Å². The van der Waals surface area contributed by atoms with Crippen LogP contribution in [0.25, 0.3) is 0 Å². The number of hydrogen-bond donors (Lipinski definition) is 2. The van der Waals surface area contributed by atoms with Gasteiger partial charge in [-0.1, -0.05) is 13.8 Å². The monoisotopic (exact) mass is 283 g/mol. The maximum Gasteiger partial charge on any atom is 0.310 e. The smallest absolute Gasteiger partial charge is 0.310 e. The first-order valence-electron chi connectivity index (χ1n) is 6.30. The van der Waals surface area contributed by atoms with Gasteiger partial charge in [-0.15, -0.1) is 11.3 Å². The fourth-order valence-corrected chi connectivity index (χ4v) is 2.53. The molecule has 0 spiro atoms. The maximum absolute atomic E-state index is 11.9. The molecule has 1 aromatic heterocycles. The molecular formula is C14H21NO3S. The third-order valence-electron chi connectivity index (χ3n) is 3.70. The van der Waals surface area contributed by atoms with Gasteiger partial charge in [0.15, 0.2) is 0 Å². The summed E-state index contributed by atoms with van der Waals surface area (Å²) in [7, 11) is 0. The third-order valence-corrected chi connectivity index (χ3v) is 4.73. The lowest BCUT2D eigenvalue weighted by molar-refractivity contribution is -0.153. The van der Waals surface area contributed by atoms with E-state index in [1.165, 1.54) is 0 Å². The second-order valence-electron chi connectivity index (χ2n) is 5.36. The zero-order valence-corrected chi connectivity index (χ0v) is 12.6.